The van der Waals surface area contributed by atoms with Gasteiger partial charge in [0.15, 0.2) is 0 Å². The highest BCUT2D eigenvalue weighted by molar-refractivity contribution is 6.64. The van der Waals surface area contributed by atoms with Crippen LogP contribution in [-0.4, -0.2) is 9.58 Å². The van der Waals surface area contributed by atoms with Gasteiger partial charge in [0.25, 0.3) is 0 Å². The Morgan fingerprint density at radius 3 is 2.15 bits per heavy atom. The van der Waals surface area contributed by atoms with Crippen LogP contribution >= 0.6 is 34.8 Å². The Morgan fingerprint density at radius 1 is 1.46 bits per heavy atom. The zero-order valence-corrected chi connectivity index (χ0v) is 10.2. The molecule has 4 heteroatoms. The maximum absolute atomic E-state index is 11.0. The van der Waals surface area contributed by atoms with Gasteiger partial charge in [-0.1, -0.05) is 13.8 Å². The van der Waals surface area contributed by atoms with Crippen LogP contribution in [0.4, 0.5) is 0 Å². The number of alkyl halides is 2. The summed E-state index contributed by atoms with van der Waals surface area (Å²) in [5.41, 5.74) is -0.0378. The van der Waals surface area contributed by atoms with E-state index >= 15 is 0 Å². The first-order valence-electron chi connectivity index (χ1n) is 4.23. The van der Waals surface area contributed by atoms with Crippen LogP contribution < -0.4 is 0 Å². The molecule has 0 aromatic rings. The van der Waals surface area contributed by atoms with Crippen LogP contribution in [0.5, 0.6) is 0 Å². The number of carbonyl (C=O) groups is 1. The summed E-state index contributed by atoms with van der Waals surface area (Å²) < 4.78 is -0.761. The molecule has 0 saturated heterocycles. The Labute approximate surface area is 93.7 Å². The van der Waals surface area contributed by atoms with Gasteiger partial charge in [0.2, 0.25) is 5.24 Å². The Morgan fingerprint density at radius 2 is 1.92 bits per heavy atom. The first-order valence-corrected chi connectivity index (χ1v) is 5.37. The summed E-state index contributed by atoms with van der Waals surface area (Å²) in [7, 11) is 0. The summed E-state index contributed by atoms with van der Waals surface area (Å²) in [5, 5.41) is -0.271. The summed E-state index contributed by atoms with van der Waals surface area (Å²) in [5.74, 6) is 0.142. The highest BCUT2D eigenvalue weighted by Crippen LogP contribution is 2.62. The number of hydrogen-bond donors (Lipinski definition) is 0. The maximum atomic E-state index is 11.0. The van der Waals surface area contributed by atoms with Gasteiger partial charge < -0.3 is 0 Å². The molecule has 1 fully saturated rings. The minimum Gasteiger partial charge on any atom is -0.281 e. The molecule has 0 N–H and O–H groups in total. The summed E-state index contributed by atoms with van der Waals surface area (Å²) in [6, 6.07) is 0. The standard InChI is InChI=1S/C9H13Cl3O/c1-8(2)5(4-9(3,11)12)6(8)7(10)13/h5-6H,4H2,1-3H3. The van der Waals surface area contributed by atoms with E-state index < -0.39 is 4.33 Å². The second kappa shape index (κ2) is 3.29. The average Bonchev–Trinajstić information content (AvgIpc) is 2.28. The van der Waals surface area contributed by atoms with Crippen LogP contribution in [0.1, 0.15) is 27.2 Å². The van der Waals surface area contributed by atoms with Gasteiger partial charge in [0, 0.05) is 5.92 Å². The molecular formula is C9H13Cl3O. The summed E-state index contributed by atoms with van der Waals surface area (Å²) in [4.78, 5) is 11.0. The van der Waals surface area contributed by atoms with Crippen molar-refractivity contribution in [2.45, 2.75) is 31.5 Å². The molecule has 13 heavy (non-hydrogen) atoms. The van der Waals surface area contributed by atoms with Crippen molar-refractivity contribution in [1.29, 1.82) is 0 Å². The van der Waals surface area contributed by atoms with E-state index in [4.69, 9.17) is 34.8 Å². The zero-order chi connectivity index (χ0) is 10.4. The minimum absolute atomic E-state index is 0.0378. The Balaban J connectivity index is 2.61. The van der Waals surface area contributed by atoms with Gasteiger partial charge in [-0.3, -0.25) is 4.79 Å². The monoisotopic (exact) mass is 242 g/mol. The molecule has 1 saturated carbocycles. The average molecular weight is 244 g/mol. The van der Waals surface area contributed by atoms with Crippen molar-refractivity contribution in [2.24, 2.45) is 17.3 Å². The van der Waals surface area contributed by atoms with E-state index in [0.717, 1.165) is 0 Å². The van der Waals surface area contributed by atoms with E-state index in [1.807, 2.05) is 13.8 Å². The van der Waals surface area contributed by atoms with Crippen LogP contribution in [-0.2, 0) is 4.79 Å². The van der Waals surface area contributed by atoms with E-state index in [0.29, 0.717) is 6.42 Å². The van der Waals surface area contributed by atoms with Gasteiger partial charge in [0.1, 0.15) is 4.33 Å². The van der Waals surface area contributed by atoms with Crippen LogP contribution in [0.25, 0.3) is 0 Å². The predicted octanol–water partition coefficient (Wildman–Crippen LogP) is 3.61. The van der Waals surface area contributed by atoms with E-state index in [-0.39, 0.29) is 22.5 Å². The van der Waals surface area contributed by atoms with Crippen molar-refractivity contribution in [1.82, 2.24) is 0 Å². The highest BCUT2D eigenvalue weighted by Gasteiger charge is 2.61. The third-order valence-electron chi connectivity index (χ3n) is 2.87. The number of carbonyl (C=O) groups excluding carboxylic acids is 1. The van der Waals surface area contributed by atoms with Gasteiger partial charge in [-0.2, -0.15) is 0 Å². The lowest BCUT2D eigenvalue weighted by atomic mass is 10.1. The van der Waals surface area contributed by atoms with Crippen molar-refractivity contribution in [2.75, 3.05) is 0 Å². The summed E-state index contributed by atoms with van der Waals surface area (Å²) >= 11 is 17.2. The lowest BCUT2D eigenvalue weighted by Gasteiger charge is -2.13. The molecule has 0 spiro atoms. The molecule has 0 aliphatic heterocycles. The van der Waals surface area contributed by atoms with E-state index in [1.54, 1.807) is 6.92 Å². The first kappa shape index (κ1) is 11.6. The molecule has 0 aromatic carbocycles. The summed E-state index contributed by atoms with van der Waals surface area (Å²) in [6.45, 7) is 5.77. The highest BCUT2D eigenvalue weighted by atomic mass is 35.5. The molecular weight excluding hydrogens is 230 g/mol. The fourth-order valence-electron chi connectivity index (χ4n) is 1.96. The zero-order valence-electron chi connectivity index (χ0n) is 7.90. The molecule has 1 nitrogen and oxygen atoms in total. The third-order valence-corrected chi connectivity index (χ3v) is 3.42. The normalized spacial score (nSPS) is 31.5. The van der Waals surface area contributed by atoms with E-state index in [9.17, 15) is 4.79 Å². The van der Waals surface area contributed by atoms with Crippen molar-refractivity contribution in [3.8, 4) is 0 Å². The third kappa shape index (κ3) is 2.51. The molecule has 0 amide bonds. The Bertz CT molecular complexity index is 230. The molecule has 0 heterocycles. The summed E-state index contributed by atoms with van der Waals surface area (Å²) in [6.07, 6.45) is 0.617. The SMILES string of the molecule is CC(Cl)(Cl)CC1C(C(=O)Cl)C1(C)C. The Hall–Kier alpha value is 0.540. The second-order valence-electron chi connectivity index (χ2n) is 4.48. The molecule has 76 valence electrons. The van der Waals surface area contributed by atoms with Crippen molar-refractivity contribution < 1.29 is 4.79 Å². The van der Waals surface area contributed by atoms with Gasteiger partial charge in [0.05, 0.1) is 0 Å². The Kier molecular flexibility index (Phi) is 2.94. The van der Waals surface area contributed by atoms with Gasteiger partial charge in [-0.15, -0.1) is 23.2 Å². The fraction of sp³-hybridized carbons (Fsp3) is 0.889. The number of halogens is 3. The molecule has 0 radical (unpaired) electrons. The molecule has 1 aliphatic rings. The lowest BCUT2D eigenvalue weighted by molar-refractivity contribution is -0.113. The number of hydrogen-bond acceptors (Lipinski definition) is 1. The van der Waals surface area contributed by atoms with Crippen molar-refractivity contribution in [3.05, 3.63) is 0 Å². The quantitative estimate of drug-likeness (QED) is 0.547. The maximum Gasteiger partial charge on any atom is 0.225 e. The molecule has 2 atom stereocenters. The predicted molar refractivity (Wildman–Crippen MR) is 56.3 cm³/mol. The largest absolute Gasteiger partial charge is 0.281 e. The van der Waals surface area contributed by atoms with E-state index in [1.165, 1.54) is 0 Å². The number of rotatable bonds is 3. The first-order chi connectivity index (χ1) is 5.66. The minimum atomic E-state index is -0.761. The van der Waals surface area contributed by atoms with Crippen molar-refractivity contribution in [3.63, 3.8) is 0 Å². The van der Waals surface area contributed by atoms with Crippen LogP contribution in [0, 0.1) is 17.3 Å². The van der Waals surface area contributed by atoms with Crippen LogP contribution in [0.3, 0.4) is 0 Å². The molecule has 2 unspecified atom stereocenters. The topological polar surface area (TPSA) is 17.1 Å². The molecule has 0 aromatic heterocycles. The van der Waals surface area contributed by atoms with E-state index in [2.05, 4.69) is 0 Å². The fourth-order valence-corrected chi connectivity index (χ4v) is 2.73. The molecule has 1 aliphatic carbocycles. The molecule has 1 rings (SSSR count). The molecule has 0 bridgehead atoms. The van der Waals surface area contributed by atoms with Crippen LogP contribution in [0.15, 0.2) is 0 Å². The van der Waals surface area contributed by atoms with Gasteiger partial charge in [-0.25, -0.2) is 0 Å². The van der Waals surface area contributed by atoms with Gasteiger partial charge >= 0.3 is 0 Å². The van der Waals surface area contributed by atoms with Gasteiger partial charge in [-0.05, 0) is 36.3 Å². The smallest absolute Gasteiger partial charge is 0.225 e. The van der Waals surface area contributed by atoms with Crippen molar-refractivity contribution >= 4 is 40.0 Å². The second-order valence-corrected chi connectivity index (χ2v) is 6.72. The van der Waals surface area contributed by atoms with Crippen LogP contribution in [0.2, 0.25) is 0 Å². The lowest BCUT2D eigenvalue weighted by Crippen LogP contribution is -2.09.